The molecule has 1 aromatic rings. The van der Waals surface area contributed by atoms with Crippen molar-refractivity contribution < 1.29 is 9.18 Å². The Balaban J connectivity index is 2.56. The van der Waals surface area contributed by atoms with Crippen molar-refractivity contribution in [2.24, 2.45) is 0 Å². The Morgan fingerprint density at radius 1 is 1.53 bits per heavy atom. The van der Waals surface area contributed by atoms with Gasteiger partial charge in [0.1, 0.15) is 5.82 Å². The molecule has 1 atom stereocenters. The highest BCUT2D eigenvalue weighted by atomic mass is 35.5. The molecule has 0 saturated carbocycles. The van der Waals surface area contributed by atoms with Crippen LogP contribution >= 0.6 is 11.6 Å². The minimum Gasteiger partial charge on any atom is -0.354 e. The largest absolute Gasteiger partial charge is 0.354 e. The van der Waals surface area contributed by atoms with Crippen LogP contribution in [0, 0.1) is 5.82 Å². The van der Waals surface area contributed by atoms with Gasteiger partial charge in [-0.3, -0.25) is 4.79 Å². The average molecular weight is 259 g/mol. The van der Waals surface area contributed by atoms with Crippen LogP contribution in [0.25, 0.3) is 0 Å². The van der Waals surface area contributed by atoms with E-state index in [0.717, 1.165) is 0 Å². The molecular weight excluding hydrogens is 243 g/mol. The monoisotopic (exact) mass is 258 g/mol. The number of amides is 1. The Morgan fingerprint density at radius 3 is 2.82 bits per heavy atom. The summed E-state index contributed by atoms with van der Waals surface area (Å²) in [5, 5.41) is 5.98. The van der Waals surface area contributed by atoms with Crippen molar-refractivity contribution in [1.82, 2.24) is 10.6 Å². The van der Waals surface area contributed by atoms with E-state index in [1.807, 2.05) is 14.0 Å². The number of carbonyl (C=O) groups is 1. The zero-order valence-electron chi connectivity index (χ0n) is 9.89. The molecule has 0 aromatic heterocycles. The SMILES string of the molecule is CNC(C)CNC(=O)Cc1c(F)cccc1Cl. The lowest BCUT2D eigenvalue weighted by Gasteiger charge is -2.12. The first-order chi connectivity index (χ1) is 8.04. The van der Waals surface area contributed by atoms with Crippen LogP contribution in [-0.2, 0) is 11.2 Å². The fraction of sp³-hybridized carbons (Fsp3) is 0.417. The van der Waals surface area contributed by atoms with Gasteiger partial charge in [-0.2, -0.15) is 0 Å². The van der Waals surface area contributed by atoms with Crippen molar-refractivity contribution in [3.8, 4) is 0 Å². The number of hydrogen-bond donors (Lipinski definition) is 2. The van der Waals surface area contributed by atoms with E-state index in [4.69, 9.17) is 11.6 Å². The smallest absolute Gasteiger partial charge is 0.224 e. The molecule has 1 rings (SSSR count). The molecule has 94 valence electrons. The molecule has 0 radical (unpaired) electrons. The lowest BCUT2D eigenvalue weighted by molar-refractivity contribution is -0.120. The van der Waals surface area contributed by atoms with E-state index in [2.05, 4.69) is 10.6 Å². The van der Waals surface area contributed by atoms with Gasteiger partial charge < -0.3 is 10.6 Å². The van der Waals surface area contributed by atoms with Gasteiger partial charge >= 0.3 is 0 Å². The van der Waals surface area contributed by atoms with Crippen LogP contribution in [0.3, 0.4) is 0 Å². The van der Waals surface area contributed by atoms with Gasteiger partial charge in [-0.15, -0.1) is 0 Å². The van der Waals surface area contributed by atoms with Crippen LogP contribution < -0.4 is 10.6 Å². The molecule has 0 bridgehead atoms. The fourth-order valence-electron chi connectivity index (χ4n) is 1.29. The summed E-state index contributed by atoms with van der Waals surface area (Å²) < 4.78 is 13.4. The molecule has 1 aromatic carbocycles. The Kier molecular flexibility index (Phi) is 5.38. The molecule has 0 heterocycles. The first-order valence-electron chi connectivity index (χ1n) is 5.41. The van der Waals surface area contributed by atoms with Gasteiger partial charge in [0.15, 0.2) is 0 Å². The summed E-state index contributed by atoms with van der Waals surface area (Å²) >= 11 is 5.83. The number of halogens is 2. The highest BCUT2D eigenvalue weighted by Gasteiger charge is 2.11. The fourth-order valence-corrected chi connectivity index (χ4v) is 1.52. The van der Waals surface area contributed by atoms with Crippen molar-refractivity contribution >= 4 is 17.5 Å². The Morgan fingerprint density at radius 2 is 2.24 bits per heavy atom. The molecule has 17 heavy (non-hydrogen) atoms. The van der Waals surface area contributed by atoms with Crippen molar-refractivity contribution in [1.29, 1.82) is 0 Å². The second-order valence-electron chi connectivity index (χ2n) is 3.87. The number of benzene rings is 1. The maximum atomic E-state index is 13.4. The third kappa shape index (κ3) is 4.32. The molecule has 0 saturated heterocycles. The van der Waals surface area contributed by atoms with Crippen LogP contribution in [0.5, 0.6) is 0 Å². The van der Waals surface area contributed by atoms with E-state index in [1.54, 1.807) is 6.07 Å². The molecule has 1 unspecified atom stereocenters. The summed E-state index contributed by atoms with van der Waals surface area (Å²) in [4.78, 5) is 11.6. The second kappa shape index (κ2) is 6.57. The predicted molar refractivity (Wildman–Crippen MR) is 66.6 cm³/mol. The summed E-state index contributed by atoms with van der Waals surface area (Å²) in [6.45, 7) is 2.44. The Bertz CT molecular complexity index is 378. The van der Waals surface area contributed by atoms with Gasteiger partial charge in [-0.25, -0.2) is 4.39 Å². The Labute approximate surface area is 105 Å². The number of rotatable bonds is 5. The molecular formula is C12H16ClFN2O. The number of hydrogen-bond acceptors (Lipinski definition) is 2. The third-order valence-corrected chi connectivity index (χ3v) is 2.85. The van der Waals surface area contributed by atoms with Crippen molar-refractivity contribution in [2.45, 2.75) is 19.4 Å². The van der Waals surface area contributed by atoms with E-state index in [0.29, 0.717) is 6.54 Å². The first kappa shape index (κ1) is 13.9. The van der Waals surface area contributed by atoms with Gasteiger partial charge in [0.2, 0.25) is 5.91 Å². The van der Waals surface area contributed by atoms with Crippen molar-refractivity contribution in [3.05, 3.63) is 34.6 Å². The molecule has 0 fully saturated rings. The van der Waals surface area contributed by atoms with Crippen molar-refractivity contribution in [3.63, 3.8) is 0 Å². The summed E-state index contributed by atoms with van der Waals surface area (Å²) in [5.41, 5.74) is 0.240. The van der Waals surface area contributed by atoms with Gasteiger partial charge in [-0.1, -0.05) is 17.7 Å². The predicted octanol–water partition coefficient (Wildman–Crippen LogP) is 1.75. The lowest BCUT2D eigenvalue weighted by atomic mass is 10.1. The highest BCUT2D eigenvalue weighted by Crippen LogP contribution is 2.19. The maximum absolute atomic E-state index is 13.4. The van der Waals surface area contributed by atoms with Crippen LogP contribution in [0.2, 0.25) is 5.02 Å². The van der Waals surface area contributed by atoms with Gasteiger partial charge in [-0.05, 0) is 26.1 Å². The average Bonchev–Trinajstić information content (AvgIpc) is 2.31. The van der Waals surface area contributed by atoms with Crippen molar-refractivity contribution in [2.75, 3.05) is 13.6 Å². The first-order valence-corrected chi connectivity index (χ1v) is 5.79. The van der Waals surface area contributed by atoms with E-state index in [1.165, 1.54) is 12.1 Å². The Hall–Kier alpha value is -1.13. The minimum atomic E-state index is -0.450. The molecule has 0 spiro atoms. The van der Waals surface area contributed by atoms with Crippen LogP contribution in [0.1, 0.15) is 12.5 Å². The maximum Gasteiger partial charge on any atom is 0.224 e. The van der Waals surface area contributed by atoms with Gasteiger partial charge in [0.25, 0.3) is 0 Å². The van der Waals surface area contributed by atoms with E-state index in [9.17, 15) is 9.18 Å². The van der Waals surface area contributed by atoms with Gasteiger partial charge in [0, 0.05) is 23.2 Å². The summed E-state index contributed by atoms with van der Waals surface area (Å²) in [6.07, 6.45) is -0.0397. The lowest BCUT2D eigenvalue weighted by Crippen LogP contribution is -2.37. The molecule has 1 amide bonds. The zero-order chi connectivity index (χ0) is 12.8. The van der Waals surface area contributed by atoms with Crippen LogP contribution in [-0.4, -0.2) is 25.5 Å². The van der Waals surface area contributed by atoms with E-state index < -0.39 is 5.82 Å². The van der Waals surface area contributed by atoms with Crippen LogP contribution in [0.4, 0.5) is 4.39 Å². The van der Waals surface area contributed by atoms with Gasteiger partial charge in [0.05, 0.1) is 6.42 Å². The molecule has 2 N–H and O–H groups in total. The summed E-state index contributed by atoms with van der Waals surface area (Å²) in [7, 11) is 1.81. The summed E-state index contributed by atoms with van der Waals surface area (Å²) in [6, 6.07) is 4.56. The molecule has 0 aliphatic carbocycles. The van der Waals surface area contributed by atoms with E-state index >= 15 is 0 Å². The molecule has 0 aliphatic heterocycles. The zero-order valence-corrected chi connectivity index (χ0v) is 10.6. The third-order valence-electron chi connectivity index (χ3n) is 2.50. The normalized spacial score (nSPS) is 12.2. The number of likely N-dealkylation sites (N-methyl/N-ethyl adjacent to an activating group) is 1. The number of carbonyl (C=O) groups excluding carboxylic acids is 1. The quantitative estimate of drug-likeness (QED) is 0.845. The van der Waals surface area contributed by atoms with Crippen LogP contribution in [0.15, 0.2) is 18.2 Å². The number of nitrogens with one attached hydrogen (secondary N) is 2. The minimum absolute atomic E-state index is 0.0397. The molecule has 0 aliphatic rings. The highest BCUT2D eigenvalue weighted by molar-refractivity contribution is 6.31. The summed E-state index contributed by atoms with van der Waals surface area (Å²) in [5.74, 6) is -0.687. The second-order valence-corrected chi connectivity index (χ2v) is 4.28. The molecule has 5 heteroatoms. The topological polar surface area (TPSA) is 41.1 Å². The molecule has 3 nitrogen and oxygen atoms in total. The van der Waals surface area contributed by atoms with E-state index in [-0.39, 0.29) is 29.0 Å². The standard InChI is InChI=1S/C12H16ClFN2O/c1-8(15-2)7-16-12(17)6-9-10(13)4-3-5-11(9)14/h3-5,8,15H,6-7H2,1-2H3,(H,16,17).